The van der Waals surface area contributed by atoms with Crippen molar-refractivity contribution in [1.82, 2.24) is 14.5 Å². The van der Waals surface area contributed by atoms with Crippen LogP contribution in [0.1, 0.15) is 32.6 Å². The summed E-state index contributed by atoms with van der Waals surface area (Å²) in [6.45, 7) is 7.19. The first-order chi connectivity index (χ1) is 7.91. The summed E-state index contributed by atoms with van der Waals surface area (Å²) in [5.41, 5.74) is 0. The van der Waals surface area contributed by atoms with Crippen molar-refractivity contribution in [2.75, 3.05) is 19.1 Å². The van der Waals surface area contributed by atoms with Gasteiger partial charge in [-0.3, -0.25) is 9.11 Å². The first-order valence-corrected chi connectivity index (χ1v) is 7.66. The lowest BCUT2D eigenvalue weighted by atomic mass is 10.3. The molecule has 5 heteroatoms. The number of rotatable bonds is 6. The standard InChI is InChI=1S/C12H23N3OS/c1-10(2)15-7-6-13-12(15)8-14(4)11(3)9-17(5)16/h6-7,10-11H,8-9H2,1-5H3/t11-,17-/m0/s1. The largest absolute Gasteiger partial charge is 0.331 e. The zero-order chi connectivity index (χ0) is 13.0. The lowest BCUT2D eigenvalue weighted by Crippen LogP contribution is -2.33. The highest BCUT2D eigenvalue weighted by Gasteiger charge is 2.14. The molecule has 2 atom stereocenters. The van der Waals surface area contributed by atoms with Gasteiger partial charge >= 0.3 is 0 Å². The van der Waals surface area contributed by atoms with Crippen LogP contribution in [0.5, 0.6) is 0 Å². The first kappa shape index (κ1) is 14.4. The smallest absolute Gasteiger partial charge is 0.123 e. The molecule has 0 radical (unpaired) electrons. The van der Waals surface area contributed by atoms with E-state index >= 15 is 0 Å². The van der Waals surface area contributed by atoms with E-state index in [9.17, 15) is 4.21 Å². The lowest BCUT2D eigenvalue weighted by molar-refractivity contribution is 0.256. The van der Waals surface area contributed by atoms with E-state index in [0.29, 0.717) is 17.8 Å². The van der Waals surface area contributed by atoms with Gasteiger partial charge < -0.3 is 4.57 Å². The maximum absolute atomic E-state index is 11.2. The van der Waals surface area contributed by atoms with E-state index in [0.717, 1.165) is 12.4 Å². The number of hydrogen-bond acceptors (Lipinski definition) is 3. The summed E-state index contributed by atoms with van der Waals surface area (Å²) >= 11 is 0. The van der Waals surface area contributed by atoms with Crippen LogP contribution in [0.4, 0.5) is 0 Å². The molecule has 0 amide bonds. The fourth-order valence-corrected chi connectivity index (χ4v) is 2.72. The molecule has 1 heterocycles. The van der Waals surface area contributed by atoms with Crippen LogP contribution in [0.3, 0.4) is 0 Å². The number of nitrogens with zero attached hydrogens (tertiary/aromatic N) is 3. The Morgan fingerprint density at radius 1 is 1.47 bits per heavy atom. The molecule has 0 unspecified atom stereocenters. The molecule has 1 aromatic heterocycles. The van der Waals surface area contributed by atoms with Gasteiger partial charge in [0.1, 0.15) is 5.82 Å². The Morgan fingerprint density at radius 2 is 2.12 bits per heavy atom. The Bertz CT molecular complexity index is 376. The van der Waals surface area contributed by atoms with Gasteiger partial charge in [0.25, 0.3) is 0 Å². The average molecular weight is 257 g/mol. The van der Waals surface area contributed by atoms with Crippen LogP contribution in [-0.4, -0.2) is 43.8 Å². The van der Waals surface area contributed by atoms with E-state index in [-0.39, 0.29) is 0 Å². The van der Waals surface area contributed by atoms with E-state index in [1.54, 1.807) is 6.26 Å². The molecule has 0 saturated carbocycles. The average Bonchev–Trinajstić information content (AvgIpc) is 2.64. The molecular weight excluding hydrogens is 234 g/mol. The fourth-order valence-electron chi connectivity index (χ4n) is 1.78. The van der Waals surface area contributed by atoms with Gasteiger partial charge in [0.2, 0.25) is 0 Å². The quantitative estimate of drug-likeness (QED) is 0.778. The van der Waals surface area contributed by atoms with Crippen LogP contribution >= 0.6 is 0 Å². The van der Waals surface area contributed by atoms with Crippen molar-refractivity contribution in [3.8, 4) is 0 Å². The van der Waals surface area contributed by atoms with Gasteiger partial charge in [-0.05, 0) is 27.8 Å². The van der Waals surface area contributed by atoms with Crippen LogP contribution < -0.4 is 0 Å². The molecule has 0 aromatic carbocycles. The van der Waals surface area contributed by atoms with E-state index in [4.69, 9.17) is 0 Å². The van der Waals surface area contributed by atoms with Gasteiger partial charge in [-0.15, -0.1) is 0 Å². The van der Waals surface area contributed by atoms with Gasteiger partial charge in [-0.2, -0.15) is 0 Å². The molecule has 4 nitrogen and oxygen atoms in total. The fraction of sp³-hybridized carbons (Fsp3) is 0.750. The summed E-state index contributed by atoms with van der Waals surface area (Å²) in [4.78, 5) is 6.58. The van der Waals surface area contributed by atoms with E-state index in [2.05, 4.69) is 42.3 Å². The van der Waals surface area contributed by atoms with E-state index in [1.807, 2.05) is 12.4 Å². The molecule has 0 bridgehead atoms. The van der Waals surface area contributed by atoms with Gasteiger partial charge in [0, 0.05) is 47.3 Å². The highest BCUT2D eigenvalue weighted by atomic mass is 32.2. The first-order valence-electron chi connectivity index (χ1n) is 5.93. The summed E-state index contributed by atoms with van der Waals surface area (Å²) in [7, 11) is 1.30. The minimum Gasteiger partial charge on any atom is -0.331 e. The Labute approximate surface area is 106 Å². The Morgan fingerprint density at radius 3 is 2.65 bits per heavy atom. The summed E-state index contributed by atoms with van der Waals surface area (Å²) in [5, 5.41) is 0. The molecular formula is C12H23N3OS. The van der Waals surface area contributed by atoms with Gasteiger partial charge in [-0.1, -0.05) is 0 Å². The van der Waals surface area contributed by atoms with Crippen molar-refractivity contribution >= 4 is 10.8 Å². The maximum atomic E-state index is 11.2. The van der Waals surface area contributed by atoms with Crippen LogP contribution in [0, 0.1) is 0 Å². The van der Waals surface area contributed by atoms with Crippen molar-refractivity contribution in [3.63, 3.8) is 0 Å². The normalized spacial score (nSPS) is 15.5. The zero-order valence-corrected chi connectivity index (χ0v) is 12.2. The lowest BCUT2D eigenvalue weighted by Gasteiger charge is -2.24. The van der Waals surface area contributed by atoms with Crippen LogP contribution in [0.25, 0.3) is 0 Å². The highest BCUT2D eigenvalue weighted by molar-refractivity contribution is 7.84. The molecule has 0 aliphatic heterocycles. The summed E-state index contributed by atoms with van der Waals surface area (Å²) in [5.74, 6) is 1.77. The van der Waals surface area contributed by atoms with Gasteiger partial charge in [-0.25, -0.2) is 4.98 Å². The van der Waals surface area contributed by atoms with Crippen molar-refractivity contribution < 1.29 is 4.21 Å². The van der Waals surface area contributed by atoms with Crippen LogP contribution in [-0.2, 0) is 17.3 Å². The van der Waals surface area contributed by atoms with E-state index in [1.165, 1.54) is 0 Å². The van der Waals surface area contributed by atoms with Crippen molar-refractivity contribution in [1.29, 1.82) is 0 Å². The van der Waals surface area contributed by atoms with Crippen molar-refractivity contribution in [2.24, 2.45) is 0 Å². The highest BCUT2D eigenvalue weighted by Crippen LogP contribution is 2.11. The second-order valence-electron chi connectivity index (χ2n) is 4.85. The third-order valence-corrected chi connectivity index (χ3v) is 3.88. The summed E-state index contributed by atoms with van der Waals surface area (Å²) in [6, 6.07) is 0.731. The molecule has 98 valence electrons. The topological polar surface area (TPSA) is 38.1 Å². The summed E-state index contributed by atoms with van der Waals surface area (Å²) < 4.78 is 13.4. The molecule has 1 rings (SSSR count). The zero-order valence-electron chi connectivity index (χ0n) is 11.4. The molecule has 0 spiro atoms. The minimum atomic E-state index is -0.748. The Kier molecular flexibility index (Phi) is 5.33. The number of aromatic nitrogens is 2. The van der Waals surface area contributed by atoms with Crippen molar-refractivity contribution in [3.05, 3.63) is 18.2 Å². The van der Waals surface area contributed by atoms with Gasteiger partial charge in [0.15, 0.2) is 0 Å². The van der Waals surface area contributed by atoms with Crippen LogP contribution in [0.15, 0.2) is 12.4 Å². The Balaban J connectivity index is 2.64. The molecule has 0 fully saturated rings. The maximum Gasteiger partial charge on any atom is 0.123 e. The van der Waals surface area contributed by atoms with E-state index < -0.39 is 10.8 Å². The predicted molar refractivity (Wildman–Crippen MR) is 72.5 cm³/mol. The molecule has 17 heavy (non-hydrogen) atoms. The third-order valence-electron chi connectivity index (χ3n) is 2.92. The molecule has 0 aliphatic carbocycles. The Hall–Kier alpha value is -0.680. The molecule has 0 N–H and O–H groups in total. The third kappa shape index (κ3) is 4.24. The molecule has 0 aliphatic rings. The second-order valence-corrected chi connectivity index (χ2v) is 6.33. The second kappa shape index (κ2) is 6.31. The minimum absolute atomic E-state index is 0.304. The monoisotopic (exact) mass is 257 g/mol. The predicted octanol–water partition coefficient (Wildman–Crippen LogP) is 1.66. The molecule has 1 aromatic rings. The summed E-state index contributed by atoms with van der Waals surface area (Å²) in [6.07, 6.45) is 5.60. The van der Waals surface area contributed by atoms with Gasteiger partial charge in [0.05, 0.1) is 6.54 Å². The molecule has 0 saturated heterocycles. The number of hydrogen-bond donors (Lipinski definition) is 0. The number of imidazole rings is 1. The van der Waals surface area contributed by atoms with Crippen molar-refractivity contribution in [2.45, 2.75) is 39.4 Å². The SMILES string of the molecule is CC(C)n1ccnc1CN(C)[C@@H](C)C[S@](C)=O. The van der Waals surface area contributed by atoms with Crippen LogP contribution in [0.2, 0.25) is 0 Å².